The molecule has 0 radical (unpaired) electrons. The molecule has 0 amide bonds. The first kappa shape index (κ1) is 26.0. The van der Waals surface area contributed by atoms with E-state index in [1.807, 2.05) is 0 Å². The van der Waals surface area contributed by atoms with Crippen LogP contribution in [0.15, 0.2) is 77.0 Å². The third-order valence-corrected chi connectivity index (χ3v) is 7.21. The Hall–Kier alpha value is -0.279. The number of allylic oxidation sites excluding steroid dienone is 4. The van der Waals surface area contributed by atoms with Crippen molar-refractivity contribution >= 4 is 19.2 Å². The first-order valence-electron chi connectivity index (χ1n) is 7.14. The molecule has 0 aromatic heterocycles. The second-order valence-electron chi connectivity index (χ2n) is 5.49. The second kappa shape index (κ2) is 12.1. The molecule has 0 saturated carbocycles. The van der Waals surface area contributed by atoms with Crippen LogP contribution in [0.3, 0.4) is 0 Å². The maximum absolute atomic E-state index is 3.66. The molecule has 0 saturated heterocycles. The summed E-state index contributed by atoms with van der Waals surface area (Å²) in [6, 6.07) is 21.9. The molecule has 0 aliphatic heterocycles. The van der Waals surface area contributed by atoms with Gasteiger partial charge in [0.05, 0.1) is 0 Å². The van der Waals surface area contributed by atoms with Crippen molar-refractivity contribution in [3.8, 4) is 0 Å². The van der Waals surface area contributed by atoms with E-state index in [-0.39, 0.29) is 58.9 Å². The Kier molecular flexibility index (Phi) is 13.1. The molecule has 24 heavy (non-hydrogen) atoms. The van der Waals surface area contributed by atoms with Gasteiger partial charge in [-0.15, -0.1) is 6.92 Å². The monoisotopic (exact) mass is 428 g/mol. The zero-order valence-electron chi connectivity index (χ0n) is 13.7. The summed E-state index contributed by atoms with van der Waals surface area (Å²) in [6.07, 6.45) is 4.76. The third kappa shape index (κ3) is 5.91. The Bertz CT molecular complexity index is 630. The Labute approximate surface area is 180 Å². The Morgan fingerprint density at radius 2 is 1.17 bits per heavy atom. The van der Waals surface area contributed by atoms with Gasteiger partial charge in [0.25, 0.3) is 0 Å². The molecule has 0 nitrogen and oxygen atoms in total. The van der Waals surface area contributed by atoms with Crippen LogP contribution in [0, 0.1) is 6.08 Å². The summed E-state index contributed by atoms with van der Waals surface area (Å²) in [5.74, 6) is 0. The van der Waals surface area contributed by atoms with Crippen LogP contribution in [0.5, 0.6) is 0 Å². The van der Waals surface area contributed by atoms with Gasteiger partial charge in [0, 0.05) is 0 Å². The van der Waals surface area contributed by atoms with Gasteiger partial charge in [0.2, 0.25) is 0 Å². The fourth-order valence-electron chi connectivity index (χ4n) is 2.87. The molecule has 124 valence electrons. The summed E-state index contributed by atoms with van der Waals surface area (Å²) < 4.78 is 0. The van der Waals surface area contributed by atoms with Crippen LogP contribution in [0.1, 0.15) is 20.3 Å². The fourth-order valence-corrected chi connectivity index (χ4v) is 6.15. The molecule has 0 spiro atoms. The normalized spacial score (nSPS) is 12.4. The van der Waals surface area contributed by atoms with Crippen LogP contribution in [0.25, 0.3) is 0 Å². The molecule has 3 rings (SSSR count). The minimum absolute atomic E-state index is 0. The van der Waals surface area contributed by atoms with E-state index >= 15 is 0 Å². The van der Waals surface area contributed by atoms with Crippen LogP contribution < -0.4 is 47.6 Å². The molecular formula is C19H19Cl3SiTi. The van der Waals surface area contributed by atoms with Gasteiger partial charge in [-0.05, 0) is 0 Å². The van der Waals surface area contributed by atoms with Crippen LogP contribution in [-0.2, 0) is 21.7 Å². The minimum Gasteiger partial charge on any atom is -1.00 e. The van der Waals surface area contributed by atoms with Gasteiger partial charge in [0.1, 0.15) is 8.80 Å². The topological polar surface area (TPSA) is 0 Å². The summed E-state index contributed by atoms with van der Waals surface area (Å²) >= 11 is 0. The van der Waals surface area contributed by atoms with E-state index in [0.29, 0.717) is 0 Å². The van der Waals surface area contributed by atoms with Crippen molar-refractivity contribution in [2.24, 2.45) is 0 Å². The predicted octanol–water partition coefficient (Wildman–Crippen LogP) is -5.95. The number of halogens is 3. The smallest absolute Gasteiger partial charge is 1.00 e. The first-order chi connectivity index (χ1) is 9.75. The summed E-state index contributed by atoms with van der Waals surface area (Å²) in [7, 11) is -1.32. The van der Waals surface area contributed by atoms with E-state index in [1.165, 1.54) is 26.7 Å². The first-order valence-corrected chi connectivity index (χ1v) is 8.88. The van der Waals surface area contributed by atoms with Crippen molar-refractivity contribution in [1.29, 1.82) is 0 Å². The zero-order valence-corrected chi connectivity index (χ0v) is 18.7. The Morgan fingerprint density at radius 3 is 1.50 bits per heavy atom. The van der Waals surface area contributed by atoms with Crippen molar-refractivity contribution < 1.29 is 58.9 Å². The molecule has 0 bridgehead atoms. The molecule has 1 aliphatic rings. The second-order valence-corrected chi connectivity index (χ2v) is 8.38. The van der Waals surface area contributed by atoms with Crippen LogP contribution in [-0.4, -0.2) is 8.80 Å². The summed E-state index contributed by atoms with van der Waals surface area (Å²) in [5, 5.41) is 4.50. The van der Waals surface area contributed by atoms with E-state index < -0.39 is 8.80 Å². The standard InChI is InChI=1S/C19H19Si.3ClH.Ti/c1-15-13-19(14-16(15)2)20(17-9-5-3-6-10-17)18-11-7-4-8-12-18;;;;/h3-12,20H,13H2,1-2H3;3*1H;/q-1;;;;+4/p-3. The number of hydrogen-bond acceptors (Lipinski definition) is 0. The number of hydrogen-bond donors (Lipinski definition) is 0. The van der Waals surface area contributed by atoms with Gasteiger partial charge >= 0.3 is 21.7 Å². The molecule has 0 atom stereocenters. The minimum atomic E-state index is -1.32. The quantitative estimate of drug-likeness (QED) is 0.337. The maximum atomic E-state index is 3.66. The van der Waals surface area contributed by atoms with Crippen molar-refractivity contribution in [2.75, 3.05) is 0 Å². The molecule has 0 unspecified atom stereocenters. The molecule has 0 heterocycles. The summed E-state index contributed by atoms with van der Waals surface area (Å²) in [5.41, 5.74) is 2.81. The SMILES string of the molecule is CC1=C(C)CC([SiH](c2ccccc2)c2ccccc2)=[C-]1.[Cl-].[Cl-].[Cl-].[Ti+4]. The Morgan fingerprint density at radius 1 is 0.750 bits per heavy atom. The van der Waals surface area contributed by atoms with Crippen molar-refractivity contribution in [3.05, 3.63) is 83.1 Å². The zero-order chi connectivity index (χ0) is 13.9. The molecule has 0 N–H and O–H groups in total. The maximum Gasteiger partial charge on any atom is 4.00 e. The van der Waals surface area contributed by atoms with Gasteiger partial charge in [-0.2, -0.15) is 5.20 Å². The summed E-state index contributed by atoms with van der Waals surface area (Å²) in [6.45, 7) is 4.42. The van der Waals surface area contributed by atoms with E-state index in [9.17, 15) is 0 Å². The van der Waals surface area contributed by atoms with Gasteiger partial charge < -0.3 is 37.2 Å². The molecule has 2 aromatic carbocycles. The molecule has 2 aromatic rings. The van der Waals surface area contributed by atoms with Crippen molar-refractivity contribution in [1.82, 2.24) is 0 Å². The van der Waals surface area contributed by atoms with E-state index in [2.05, 4.69) is 80.6 Å². The van der Waals surface area contributed by atoms with Crippen LogP contribution >= 0.6 is 0 Å². The van der Waals surface area contributed by atoms with Gasteiger partial charge in [-0.3, -0.25) is 6.08 Å². The van der Waals surface area contributed by atoms with Crippen LogP contribution in [0.4, 0.5) is 0 Å². The average Bonchev–Trinajstić information content (AvgIpc) is 2.81. The van der Waals surface area contributed by atoms with Crippen molar-refractivity contribution in [3.63, 3.8) is 0 Å². The third-order valence-electron chi connectivity index (χ3n) is 4.06. The van der Waals surface area contributed by atoms with E-state index in [0.717, 1.165) is 6.42 Å². The summed E-state index contributed by atoms with van der Waals surface area (Å²) in [4.78, 5) is 0. The predicted molar refractivity (Wildman–Crippen MR) is 89.0 cm³/mol. The van der Waals surface area contributed by atoms with Gasteiger partial charge in [-0.25, -0.2) is 11.1 Å². The van der Waals surface area contributed by atoms with Crippen molar-refractivity contribution in [2.45, 2.75) is 20.3 Å². The Balaban J connectivity index is 0. The van der Waals surface area contributed by atoms with Gasteiger partial charge in [-0.1, -0.05) is 84.4 Å². The number of rotatable bonds is 3. The van der Waals surface area contributed by atoms with E-state index in [4.69, 9.17) is 0 Å². The largest absolute Gasteiger partial charge is 4.00 e. The fraction of sp³-hybridized carbons (Fsp3) is 0.158. The molecule has 0 fully saturated rings. The molecular weight excluding hydrogens is 411 g/mol. The average molecular weight is 430 g/mol. The molecule has 5 heteroatoms. The van der Waals surface area contributed by atoms with Crippen LogP contribution in [0.2, 0.25) is 0 Å². The van der Waals surface area contributed by atoms with E-state index in [1.54, 1.807) is 0 Å². The number of benzene rings is 2. The molecule has 1 aliphatic carbocycles. The van der Waals surface area contributed by atoms with Gasteiger partial charge in [0.15, 0.2) is 0 Å².